The first-order chi connectivity index (χ1) is 10.1. The topological polar surface area (TPSA) is 56.7 Å². The van der Waals surface area contributed by atoms with E-state index in [9.17, 15) is 4.79 Å². The summed E-state index contributed by atoms with van der Waals surface area (Å²) in [4.78, 5) is 18.1. The number of hydrogen-bond donors (Lipinski definition) is 2. The lowest BCUT2D eigenvalue weighted by atomic mass is 10.2. The second kappa shape index (κ2) is 7.11. The zero-order chi connectivity index (χ0) is 15.2. The van der Waals surface area contributed by atoms with Gasteiger partial charge in [-0.1, -0.05) is 18.2 Å². The monoisotopic (exact) mass is 288 g/mol. The van der Waals surface area contributed by atoms with Gasteiger partial charge in [0.25, 0.3) is 0 Å². The Kier molecular flexibility index (Phi) is 5.20. The Labute approximate surface area is 126 Å². The standard InChI is InChI=1S/C16H24N4O/c1-12(2)19-15(21)8-10-18-16(17-3)20-11-9-13-6-4-5-7-14(13)20/h4-7,12H,8-11H2,1-3H3,(H,17,18)(H,19,21). The molecular weight excluding hydrogens is 264 g/mol. The number of aliphatic imine (C=N–C) groups is 1. The number of hydrogen-bond acceptors (Lipinski definition) is 2. The number of nitrogens with zero attached hydrogens (tertiary/aromatic N) is 2. The molecule has 1 aromatic carbocycles. The predicted octanol–water partition coefficient (Wildman–Crippen LogP) is 1.54. The number of fused-ring (bicyclic) bond motifs is 1. The molecular formula is C16H24N4O. The Balaban J connectivity index is 1.89. The molecule has 5 heteroatoms. The smallest absolute Gasteiger partial charge is 0.221 e. The van der Waals surface area contributed by atoms with Crippen molar-refractivity contribution in [2.45, 2.75) is 32.7 Å². The predicted molar refractivity (Wildman–Crippen MR) is 86.7 cm³/mol. The molecule has 1 aliphatic heterocycles. The molecule has 1 aromatic rings. The summed E-state index contributed by atoms with van der Waals surface area (Å²) in [5, 5.41) is 6.16. The maximum absolute atomic E-state index is 11.6. The highest BCUT2D eigenvalue weighted by molar-refractivity contribution is 5.98. The summed E-state index contributed by atoms with van der Waals surface area (Å²) >= 11 is 0. The molecule has 0 bridgehead atoms. The van der Waals surface area contributed by atoms with Gasteiger partial charge in [0.15, 0.2) is 5.96 Å². The van der Waals surface area contributed by atoms with Gasteiger partial charge in [0.1, 0.15) is 0 Å². The van der Waals surface area contributed by atoms with Crippen molar-refractivity contribution in [3.8, 4) is 0 Å². The molecule has 2 N–H and O–H groups in total. The van der Waals surface area contributed by atoms with Crippen LogP contribution in [0.1, 0.15) is 25.8 Å². The third-order valence-electron chi connectivity index (χ3n) is 3.44. The lowest BCUT2D eigenvalue weighted by molar-refractivity contribution is -0.121. The van der Waals surface area contributed by atoms with Crippen molar-refractivity contribution < 1.29 is 4.79 Å². The zero-order valence-corrected chi connectivity index (χ0v) is 13.0. The van der Waals surface area contributed by atoms with Crippen LogP contribution >= 0.6 is 0 Å². The molecule has 1 amide bonds. The lowest BCUT2D eigenvalue weighted by Gasteiger charge is -2.22. The first kappa shape index (κ1) is 15.4. The number of amides is 1. The highest BCUT2D eigenvalue weighted by Gasteiger charge is 2.22. The molecule has 0 aliphatic carbocycles. The Morgan fingerprint density at radius 2 is 2.14 bits per heavy atom. The number of carbonyl (C=O) groups excluding carboxylic acids is 1. The molecule has 0 unspecified atom stereocenters. The van der Waals surface area contributed by atoms with Crippen molar-refractivity contribution in [1.29, 1.82) is 0 Å². The molecule has 0 atom stereocenters. The summed E-state index contributed by atoms with van der Waals surface area (Å²) in [6.45, 7) is 5.44. The van der Waals surface area contributed by atoms with E-state index >= 15 is 0 Å². The van der Waals surface area contributed by atoms with Crippen LogP contribution in [0.2, 0.25) is 0 Å². The third kappa shape index (κ3) is 3.97. The van der Waals surface area contributed by atoms with Crippen molar-refractivity contribution in [2.75, 3.05) is 25.0 Å². The molecule has 1 aliphatic rings. The van der Waals surface area contributed by atoms with Crippen LogP contribution in [-0.4, -0.2) is 38.0 Å². The summed E-state index contributed by atoms with van der Waals surface area (Å²) in [7, 11) is 1.78. The number of guanidine groups is 1. The van der Waals surface area contributed by atoms with E-state index in [1.807, 2.05) is 19.9 Å². The summed E-state index contributed by atoms with van der Waals surface area (Å²) in [6, 6.07) is 8.55. The fourth-order valence-electron chi connectivity index (χ4n) is 2.54. The normalized spacial score (nSPS) is 14.3. The van der Waals surface area contributed by atoms with Gasteiger partial charge in [0.2, 0.25) is 5.91 Å². The number of anilines is 1. The molecule has 0 aromatic heterocycles. The van der Waals surface area contributed by atoms with Crippen LogP contribution in [0.25, 0.3) is 0 Å². The van der Waals surface area contributed by atoms with E-state index < -0.39 is 0 Å². The number of para-hydroxylation sites is 1. The molecule has 1 heterocycles. The molecule has 0 saturated heterocycles. The van der Waals surface area contributed by atoms with E-state index in [2.05, 4.69) is 38.7 Å². The molecule has 0 radical (unpaired) electrons. The maximum atomic E-state index is 11.6. The zero-order valence-electron chi connectivity index (χ0n) is 13.0. The Morgan fingerprint density at radius 1 is 1.38 bits per heavy atom. The first-order valence-corrected chi connectivity index (χ1v) is 7.47. The van der Waals surface area contributed by atoms with Gasteiger partial charge >= 0.3 is 0 Å². The van der Waals surface area contributed by atoms with Crippen molar-refractivity contribution in [3.05, 3.63) is 29.8 Å². The van der Waals surface area contributed by atoms with Gasteiger partial charge in [-0.05, 0) is 31.9 Å². The van der Waals surface area contributed by atoms with Crippen LogP contribution in [0.3, 0.4) is 0 Å². The van der Waals surface area contributed by atoms with Crippen LogP contribution in [0.4, 0.5) is 5.69 Å². The van der Waals surface area contributed by atoms with Crippen molar-refractivity contribution in [2.24, 2.45) is 4.99 Å². The van der Waals surface area contributed by atoms with Gasteiger partial charge in [-0.15, -0.1) is 0 Å². The maximum Gasteiger partial charge on any atom is 0.221 e. The summed E-state index contributed by atoms with van der Waals surface area (Å²) in [5.41, 5.74) is 2.55. The number of nitrogens with one attached hydrogen (secondary N) is 2. The lowest BCUT2D eigenvalue weighted by Crippen LogP contribution is -2.42. The van der Waals surface area contributed by atoms with E-state index in [1.165, 1.54) is 11.3 Å². The Morgan fingerprint density at radius 3 is 2.86 bits per heavy atom. The number of carbonyl (C=O) groups is 1. The van der Waals surface area contributed by atoms with Crippen molar-refractivity contribution in [3.63, 3.8) is 0 Å². The van der Waals surface area contributed by atoms with Gasteiger partial charge in [-0.3, -0.25) is 9.79 Å². The van der Waals surface area contributed by atoms with E-state index in [4.69, 9.17) is 0 Å². The van der Waals surface area contributed by atoms with Crippen molar-refractivity contribution >= 4 is 17.6 Å². The van der Waals surface area contributed by atoms with E-state index in [-0.39, 0.29) is 11.9 Å². The van der Waals surface area contributed by atoms with Crippen LogP contribution in [0.5, 0.6) is 0 Å². The number of rotatable bonds is 4. The molecule has 2 rings (SSSR count). The van der Waals surface area contributed by atoms with E-state index in [0.29, 0.717) is 13.0 Å². The largest absolute Gasteiger partial charge is 0.355 e. The van der Waals surface area contributed by atoms with E-state index in [0.717, 1.165) is 18.9 Å². The molecule has 114 valence electrons. The Hall–Kier alpha value is -2.04. The molecule has 21 heavy (non-hydrogen) atoms. The summed E-state index contributed by atoms with van der Waals surface area (Å²) < 4.78 is 0. The van der Waals surface area contributed by atoms with Gasteiger partial charge < -0.3 is 15.5 Å². The minimum absolute atomic E-state index is 0.0646. The highest BCUT2D eigenvalue weighted by atomic mass is 16.1. The fourth-order valence-corrected chi connectivity index (χ4v) is 2.54. The molecule has 0 saturated carbocycles. The molecule has 0 spiro atoms. The van der Waals surface area contributed by atoms with Gasteiger partial charge in [0, 0.05) is 38.3 Å². The van der Waals surface area contributed by atoms with Gasteiger partial charge in [-0.25, -0.2) is 0 Å². The minimum Gasteiger partial charge on any atom is -0.355 e. The van der Waals surface area contributed by atoms with Crippen LogP contribution in [-0.2, 0) is 11.2 Å². The third-order valence-corrected chi connectivity index (χ3v) is 3.44. The van der Waals surface area contributed by atoms with E-state index in [1.54, 1.807) is 7.05 Å². The van der Waals surface area contributed by atoms with Gasteiger partial charge in [0.05, 0.1) is 0 Å². The second-order valence-corrected chi connectivity index (χ2v) is 5.48. The highest BCUT2D eigenvalue weighted by Crippen LogP contribution is 2.27. The van der Waals surface area contributed by atoms with Crippen LogP contribution in [0.15, 0.2) is 29.3 Å². The fraction of sp³-hybridized carbons (Fsp3) is 0.500. The second-order valence-electron chi connectivity index (χ2n) is 5.48. The van der Waals surface area contributed by atoms with Crippen LogP contribution in [0, 0.1) is 0 Å². The summed E-state index contributed by atoms with van der Waals surface area (Å²) in [6.07, 6.45) is 1.48. The molecule has 0 fully saturated rings. The van der Waals surface area contributed by atoms with Crippen LogP contribution < -0.4 is 15.5 Å². The van der Waals surface area contributed by atoms with Crippen molar-refractivity contribution in [1.82, 2.24) is 10.6 Å². The molecule has 5 nitrogen and oxygen atoms in total. The average Bonchev–Trinajstić information content (AvgIpc) is 2.87. The minimum atomic E-state index is 0.0646. The average molecular weight is 288 g/mol. The Bertz CT molecular complexity index is 525. The first-order valence-electron chi connectivity index (χ1n) is 7.47. The van der Waals surface area contributed by atoms with Gasteiger partial charge in [-0.2, -0.15) is 0 Å². The summed E-state index contributed by atoms with van der Waals surface area (Å²) in [5.74, 6) is 0.895. The SMILES string of the molecule is CN=C(NCCC(=O)NC(C)C)N1CCc2ccccc21. The number of benzene rings is 1. The quantitative estimate of drug-likeness (QED) is 0.653.